The molecule has 0 spiro atoms. The Bertz CT molecular complexity index is 391. The fourth-order valence-corrected chi connectivity index (χ4v) is 2.08. The van der Waals surface area contributed by atoms with Crippen LogP contribution in [0.5, 0.6) is 0 Å². The molecule has 15 heavy (non-hydrogen) atoms. The van der Waals surface area contributed by atoms with Gasteiger partial charge in [-0.05, 0) is 13.3 Å². The van der Waals surface area contributed by atoms with Gasteiger partial charge in [0.15, 0.2) is 0 Å². The highest BCUT2D eigenvalue weighted by molar-refractivity contribution is 7.74. The number of rotatable bonds is 6. The Balaban J connectivity index is 2.76. The van der Waals surface area contributed by atoms with Crippen molar-refractivity contribution in [2.24, 2.45) is 0 Å². The zero-order valence-electron chi connectivity index (χ0n) is 9.59. The van der Waals surface area contributed by atoms with Gasteiger partial charge in [-0.25, -0.2) is 0 Å². The van der Waals surface area contributed by atoms with E-state index < -0.39 is 0 Å². The quantitative estimate of drug-likeness (QED) is 0.604. The summed E-state index contributed by atoms with van der Waals surface area (Å²) in [7, 11) is 2.05. The van der Waals surface area contributed by atoms with Gasteiger partial charge >= 0.3 is 0 Å². The molecule has 0 aliphatic carbocycles. The second kappa shape index (κ2) is 5.56. The first-order chi connectivity index (χ1) is 7.13. The van der Waals surface area contributed by atoms with Gasteiger partial charge in [0, 0.05) is 20.1 Å². The van der Waals surface area contributed by atoms with Crippen molar-refractivity contribution in [3.05, 3.63) is 9.02 Å². The predicted molar refractivity (Wildman–Crippen MR) is 72.8 cm³/mol. The summed E-state index contributed by atoms with van der Waals surface area (Å²) in [6, 6.07) is 0. The first kappa shape index (κ1) is 12.6. The largest absolute Gasteiger partial charge is 0.382 e. The summed E-state index contributed by atoms with van der Waals surface area (Å²) in [4.78, 5) is 2.15. The molecule has 0 saturated heterocycles. The Morgan fingerprint density at radius 1 is 1.20 bits per heavy atom. The zero-order valence-corrected chi connectivity index (χ0v) is 11.2. The SMILES string of the molecule is CCCCNc1c(N(C)CC)c(=S)c1=S. The van der Waals surface area contributed by atoms with E-state index in [2.05, 4.69) is 24.1 Å². The van der Waals surface area contributed by atoms with E-state index in [0.29, 0.717) is 0 Å². The first-order valence-corrected chi connectivity index (χ1v) is 6.23. The van der Waals surface area contributed by atoms with Crippen LogP contribution in [0.1, 0.15) is 26.7 Å². The lowest BCUT2D eigenvalue weighted by Gasteiger charge is -2.24. The van der Waals surface area contributed by atoms with E-state index in [1.807, 2.05) is 7.05 Å². The molecule has 84 valence electrons. The number of nitrogens with one attached hydrogen (secondary N) is 1. The Kier molecular flexibility index (Phi) is 4.67. The molecule has 0 saturated carbocycles. The van der Waals surface area contributed by atoms with Crippen molar-refractivity contribution >= 4 is 35.8 Å². The maximum Gasteiger partial charge on any atom is 0.0834 e. The molecular weight excluding hydrogens is 224 g/mol. The van der Waals surface area contributed by atoms with E-state index in [-0.39, 0.29) is 0 Å². The molecule has 0 unspecified atom stereocenters. The molecule has 0 heterocycles. The van der Waals surface area contributed by atoms with E-state index in [0.717, 1.165) is 33.5 Å². The molecule has 0 radical (unpaired) electrons. The van der Waals surface area contributed by atoms with Crippen LogP contribution in [0.3, 0.4) is 0 Å². The highest BCUT2D eigenvalue weighted by Gasteiger charge is 2.16. The van der Waals surface area contributed by atoms with Gasteiger partial charge in [-0.1, -0.05) is 37.8 Å². The molecular formula is C11H18N2S2. The molecule has 0 aliphatic heterocycles. The van der Waals surface area contributed by atoms with E-state index >= 15 is 0 Å². The smallest absolute Gasteiger partial charge is 0.0834 e. The van der Waals surface area contributed by atoms with Crippen molar-refractivity contribution in [2.45, 2.75) is 26.7 Å². The number of hydrogen-bond acceptors (Lipinski definition) is 4. The minimum Gasteiger partial charge on any atom is -0.382 e. The lowest BCUT2D eigenvalue weighted by molar-refractivity contribution is 0.831. The maximum atomic E-state index is 5.25. The average Bonchev–Trinajstić information content (AvgIpc) is 2.26. The average molecular weight is 242 g/mol. The van der Waals surface area contributed by atoms with Crippen molar-refractivity contribution in [1.29, 1.82) is 0 Å². The fourth-order valence-electron chi connectivity index (χ4n) is 1.46. The van der Waals surface area contributed by atoms with Gasteiger partial charge in [-0.3, -0.25) is 0 Å². The van der Waals surface area contributed by atoms with Crippen LogP contribution in [0.25, 0.3) is 0 Å². The number of hydrogen-bond donors (Lipinski definition) is 1. The molecule has 0 amide bonds. The van der Waals surface area contributed by atoms with Gasteiger partial charge < -0.3 is 10.2 Å². The monoisotopic (exact) mass is 242 g/mol. The number of anilines is 2. The van der Waals surface area contributed by atoms with Crippen LogP contribution in [-0.4, -0.2) is 20.1 Å². The van der Waals surface area contributed by atoms with Crippen molar-refractivity contribution < 1.29 is 0 Å². The fraction of sp³-hybridized carbons (Fsp3) is 0.636. The minimum absolute atomic E-state index is 0.830. The zero-order chi connectivity index (χ0) is 11.4. The molecule has 0 aliphatic rings. The Hall–Kier alpha value is -0.480. The molecule has 1 rings (SSSR count). The minimum atomic E-state index is 0.830. The van der Waals surface area contributed by atoms with Crippen LogP contribution in [0.4, 0.5) is 11.4 Å². The Labute approximate surface area is 102 Å². The molecule has 0 atom stereocenters. The molecule has 1 aromatic carbocycles. The number of unbranched alkanes of at least 4 members (excludes halogenated alkanes) is 1. The summed E-state index contributed by atoms with van der Waals surface area (Å²) < 4.78 is 1.67. The highest BCUT2D eigenvalue weighted by atomic mass is 32.1. The van der Waals surface area contributed by atoms with Gasteiger partial charge in [0.2, 0.25) is 0 Å². The number of nitrogens with zero attached hydrogens (tertiary/aromatic N) is 1. The molecule has 4 heteroatoms. The van der Waals surface area contributed by atoms with Crippen LogP contribution in [-0.2, 0) is 0 Å². The predicted octanol–water partition coefficient (Wildman–Crippen LogP) is 3.69. The summed E-state index contributed by atoms with van der Waals surface area (Å²) in [6.07, 6.45) is 2.36. The molecule has 0 fully saturated rings. The van der Waals surface area contributed by atoms with E-state index in [1.165, 1.54) is 12.8 Å². The molecule has 0 aromatic heterocycles. The molecule has 0 bridgehead atoms. The van der Waals surface area contributed by atoms with Crippen molar-refractivity contribution in [2.75, 3.05) is 30.4 Å². The second-order valence-corrected chi connectivity index (χ2v) is 4.49. The normalized spacial score (nSPS) is 10.6. The molecule has 1 aromatic rings. The third kappa shape index (κ3) is 2.55. The van der Waals surface area contributed by atoms with Gasteiger partial charge in [0.05, 0.1) is 20.4 Å². The molecule has 1 N–H and O–H groups in total. The summed E-state index contributed by atoms with van der Waals surface area (Å²) in [5.41, 5.74) is 2.20. The van der Waals surface area contributed by atoms with E-state index in [4.69, 9.17) is 24.4 Å². The Morgan fingerprint density at radius 2 is 1.87 bits per heavy atom. The van der Waals surface area contributed by atoms with Crippen molar-refractivity contribution in [3.8, 4) is 0 Å². The third-order valence-corrected chi connectivity index (χ3v) is 3.51. The second-order valence-electron chi connectivity index (χ2n) is 3.68. The highest BCUT2D eigenvalue weighted by Crippen LogP contribution is 2.34. The van der Waals surface area contributed by atoms with Crippen LogP contribution in [0, 0.1) is 9.02 Å². The summed E-state index contributed by atoms with van der Waals surface area (Å²) in [5, 5.41) is 3.37. The standard InChI is InChI=1S/C11H18N2S2/c1-4-6-7-12-8-9(13(3)5-2)11(15)10(8)14/h12H,4-7H2,1-3H3. The van der Waals surface area contributed by atoms with Crippen molar-refractivity contribution in [3.63, 3.8) is 0 Å². The van der Waals surface area contributed by atoms with Crippen LogP contribution < -0.4 is 10.2 Å². The van der Waals surface area contributed by atoms with Gasteiger partial charge in [0.25, 0.3) is 0 Å². The maximum absolute atomic E-state index is 5.25. The van der Waals surface area contributed by atoms with Gasteiger partial charge in [0.1, 0.15) is 0 Å². The van der Waals surface area contributed by atoms with Crippen molar-refractivity contribution in [1.82, 2.24) is 0 Å². The Morgan fingerprint density at radius 3 is 2.40 bits per heavy atom. The third-order valence-electron chi connectivity index (χ3n) is 2.57. The first-order valence-electron chi connectivity index (χ1n) is 5.41. The van der Waals surface area contributed by atoms with Crippen LogP contribution in [0.15, 0.2) is 0 Å². The molecule has 2 nitrogen and oxygen atoms in total. The summed E-state index contributed by atoms with van der Waals surface area (Å²) >= 11 is 10.5. The van der Waals surface area contributed by atoms with Crippen LogP contribution >= 0.6 is 24.4 Å². The van der Waals surface area contributed by atoms with E-state index in [9.17, 15) is 0 Å². The van der Waals surface area contributed by atoms with Crippen LogP contribution in [0.2, 0.25) is 0 Å². The summed E-state index contributed by atoms with van der Waals surface area (Å²) in [5.74, 6) is 0. The summed E-state index contributed by atoms with van der Waals surface area (Å²) in [6.45, 7) is 6.23. The lowest BCUT2D eigenvalue weighted by atomic mass is 10.2. The van der Waals surface area contributed by atoms with Gasteiger partial charge in [-0.2, -0.15) is 0 Å². The van der Waals surface area contributed by atoms with E-state index in [1.54, 1.807) is 0 Å². The lowest BCUT2D eigenvalue weighted by Crippen LogP contribution is -2.21. The van der Waals surface area contributed by atoms with Gasteiger partial charge in [-0.15, -0.1) is 0 Å². The topological polar surface area (TPSA) is 15.3 Å².